The lowest BCUT2D eigenvalue weighted by atomic mass is 10.1. The highest BCUT2D eigenvalue weighted by atomic mass is 16.5. The fourth-order valence-electron chi connectivity index (χ4n) is 4.31. The van der Waals surface area contributed by atoms with E-state index in [0.717, 1.165) is 66.4 Å². The fourth-order valence-corrected chi connectivity index (χ4v) is 4.31. The molecule has 0 fully saturated rings. The predicted molar refractivity (Wildman–Crippen MR) is 172 cm³/mol. The van der Waals surface area contributed by atoms with Gasteiger partial charge >= 0.3 is 5.97 Å². The van der Waals surface area contributed by atoms with E-state index in [2.05, 4.69) is 32.3 Å². The van der Waals surface area contributed by atoms with Gasteiger partial charge in [0.05, 0.1) is 42.6 Å². The van der Waals surface area contributed by atoms with Crippen LogP contribution in [0.1, 0.15) is 65.2 Å². The summed E-state index contributed by atoms with van der Waals surface area (Å²) >= 11 is 0. The van der Waals surface area contributed by atoms with Crippen LogP contribution in [0.4, 0.5) is 28.4 Å². The quantitative estimate of drug-likeness (QED) is 0.0804. The molecule has 1 N–H and O–H groups in total. The van der Waals surface area contributed by atoms with Crippen molar-refractivity contribution in [1.82, 2.24) is 0 Å². The first-order chi connectivity index (χ1) is 21.1. The van der Waals surface area contributed by atoms with Crippen molar-refractivity contribution >= 4 is 34.4 Å². The number of azo groups is 2. The molecule has 0 bridgehead atoms. The molecule has 0 aliphatic heterocycles. The van der Waals surface area contributed by atoms with E-state index in [-0.39, 0.29) is 12.6 Å². The van der Waals surface area contributed by atoms with Crippen molar-refractivity contribution in [3.63, 3.8) is 0 Å². The minimum absolute atomic E-state index is 0.111. The summed E-state index contributed by atoms with van der Waals surface area (Å²) < 4.78 is 11.0. The summed E-state index contributed by atoms with van der Waals surface area (Å²) in [6.45, 7) is 6.68. The molecule has 0 saturated heterocycles. The van der Waals surface area contributed by atoms with Crippen LogP contribution in [0.2, 0.25) is 0 Å². The highest BCUT2D eigenvalue weighted by Crippen LogP contribution is 2.25. The second-order valence-corrected chi connectivity index (χ2v) is 10.1. The Hall–Kier alpha value is -4.11. The van der Waals surface area contributed by atoms with Crippen molar-refractivity contribution in [2.45, 2.75) is 65.2 Å². The van der Waals surface area contributed by atoms with Crippen molar-refractivity contribution < 1.29 is 19.4 Å². The average Bonchev–Trinajstić information content (AvgIpc) is 3.05. The number of unbranched alkanes of at least 4 members (excludes halogenated alkanes) is 6. The first-order valence-corrected chi connectivity index (χ1v) is 15.4. The maximum atomic E-state index is 11.1. The van der Waals surface area contributed by atoms with Gasteiger partial charge in [-0.05, 0) is 92.6 Å². The molecule has 3 rings (SSSR count). The maximum Gasteiger partial charge on any atom is 0.305 e. The lowest BCUT2D eigenvalue weighted by Gasteiger charge is -2.21. The van der Waals surface area contributed by atoms with Crippen LogP contribution in [0.15, 0.2) is 93.3 Å². The number of aliphatic hydroxyl groups is 1. The first-order valence-electron chi connectivity index (χ1n) is 15.4. The molecule has 9 heteroatoms. The van der Waals surface area contributed by atoms with E-state index in [0.29, 0.717) is 26.2 Å². The molecule has 0 atom stereocenters. The van der Waals surface area contributed by atoms with Gasteiger partial charge in [0.15, 0.2) is 0 Å². The molecule has 0 unspecified atom stereocenters. The van der Waals surface area contributed by atoms with Gasteiger partial charge in [-0.3, -0.25) is 4.79 Å². The summed E-state index contributed by atoms with van der Waals surface area (Å²) in [4.78, 5) is 13.2. The average molecular weight is 588 g/mol. The summed E-state index contributed by atoms with van der Waals surface area (Å²) in [5.41, 5.74) is 4.02. The Bertz CT molecular complexity index is 1250. The monoisotopic (exact) mass is 587 g/mol. The normalized spacial score (nSPS) is 11.3. The Kier molecular flexibility index (Phi) is 15.5. The van der Waals surface area contributed by atoms with Crippen molar-refractivity contribution in [3.8, 4) is 5.75 Å². The molecule has 0 aliphatic carbocycles. The van der Waals surface area contributed by atoms with E-state index < -0.39 is 0 Å². The highest BCUT2D eigenvalue weighted by Gasteiger charge is 2.03. The second kappa shape index (κ2) is 19.9. The Labute approximate surface area is 255 Å². The molecule has 43 heavy (non-hydrogen) atoms. The summed E-state index contributed by atoms with van der Waals surface area (Å²) in [5.74, 6) is 0.720. The Morgan fingerprint density at radius 2 is 1.09 bits per heavy atom. The van der Waals surface area contributed by atoms with Crippen LogP contribution >= 0.6 is 0 Å². The number of carbonyl (C=O) groups is 1. The van der Waals surface area contributed by atoms with Crippen molar-refractivity contribution in [2.24, 2.45) is 20.5 Å². The van der Waals surface area contributed by atoms with E-state index in [4.69, 9.17) is 9.47 Å². The Balaban J connectivity index is 1.32. The number of rotatable bonds is 20. The van der Waals surface area contributed by atoms with Crippen molar-refractivity contribution in [1.29, 1.82) is 0 Å². The predicted octanol–water partition coefficient (Wildman–Crippen LogP) is 9.40. The van der Waals surface area contributed by atoms with Gasteiger partial charge in [0.2, 0.25) is 0 Å². The number of ether oxygens (including phenoxy) is 2. The molecule has 230 valence electrons. The first kappa shape index (κ1) is 33.4. The number of benzene rings is 3. The number of anilines is 1. The van der Waals surface area contributed by atoms with Gasteiger partial charge in [-0.2, -0.15) is 20.5 Å². The number of likely N-dealkylation sites (N-methyl/N-ethyl adjacent to an activating group) is 1. The van der Waals surface area contributed by atoms with Gasteiger partial charge in [0, 0.05) is 25.2 Å². The molecule has 0 amide bonds. The lowest BCUT2D eigenvalue weighted by molar-refractivity contribution is -0.143. The lowest BCUT2D eigenvalue weighted by Crippen LogP contribution is -2.25. The molecule has 3 aromatic rings. The van der Waals surface area contributed by atoms with Crippen LogP contribution in [-0.4, -0.2) is 44.0 Å². The standard InChI is InChI=1S/C34H45N5O4/c1-3-34(41)43-27-11-9-7-5-6-8-10-26-42-33-22-18-31(19-23-33)38-36-29-14-12-28(13-15-29)35-37-30-16-20-32(21-17-30)39(4-2)24-25-40/h12-23,40H,3-11,24-27H2,1-2H3. The van der Waals surface area contributed by atoms with Gasteiger partial charge in [0.25, 0.3) is 0 Å². The number of hydrogen-bond donors (Lipinski definition) is 1. The zero-order chi connectivity index (χ0) is 30.5. The zero-order valence-electron chi connectivity index (χ0n) is 25.5. The van der Waals surface area contributed by atoms with Gasteiger partial charge in [-0.1, -0.05) is 39.0 Å². The van der Waals surface area contributed by atoms with Crippen LogP contribution in [0.3, 0.4) is 0 Å². The van der Waals surface area contributed by atoms with Crippen LogP contribution in [-0.2, 0) is 9.53 Å². The minimum Gasteiger partial charge on any atom is -0.494 e. The number of nitrogens with zero attached hydrogens (tertiary/aromatic N) is 5. The van der Waals surface area contributed by atoms with E-state index in [1.54, 1.807) is 0 Å². The zero-order valence-corrected chi connectivity index (χ0v) is 25.5. The SMILES string of the molecule is CCC(=O)OCCCCCCCCCOc1ccc(N=Nc2ccc(N=Nc3ccc(N(CC)CCO)cc3)cc2)cc1. The molecule has 3 aromatic carbocycles. The molecular weight excluding hydrogens is 542 g/mol. The second-order valence-electron chi connectivity index (χ2n) is 10.1. The van der Waals surface area contributed by atoms with Crippen molar-refractivity contribution in [3.05, 3.63) is 72.8 Å². The van der Waals surface area contributed by atoms with E-state index in [1.807, 2.05) is 79.7 Å². The summed E-state index contributed by atoms with van der Waals surface area (Å²) in [6.07, 6.45) is 8.26. The van der Waals surface area contributed by atoms with E-state index >= 15 is 0 Å². The van der Waals surface area contributed by atoms with Crippen LogP contribution in [0.5, 0.6) is 5.75 Å². The third kappa shape index (κ3) is 13.2. The van der Waals surface area contributed by atoms with Gasteiger partial charge in [-0.25, -0.2) is 0 Å². The van der Waals surface area contributed by atoms with Gasteiger partial charge in [-0.15, -0.1) is 0 Å². The topological polar surface area (TPSA) is 108 Å². The smallest absolute Gasteiger partial charge is 0.305 e. The fraction of sp³-hybridized carbons (Fsp3) is 0.441. The van der Waals surface area contributed by atoms with Crippen LogP contribution < -0.4 is 9.64 Å². The third-order valence-electron chi connectivity index (χ3n) is 6.82. The molecule has 0 aliphatic rings. The maximum absolute atomic E-state index is 11.1. The number of carbonyl (C=O) groups excluding carboxylic acids is 1. The van der Waals surface area contributed by atoms with Gasteiger partial charge < -0.3 is 19.5 Å². The summed E-state index contributed by atoms with van der Waals surface area (Å²) in [6, 6.07) is 22.9. The molecule has 0 heterocycles. The van der Waals surface area contributed by atoms with Crippen molar-refractivity contribution in [2.75, 3.05) is 37.8 Å². The minimum atomic E-state index is -0.111. The molecule has 9 nitrogen and oxygen atoms in total. The van der Waals surface area contributed by atoms with Crippen LogP contribution in [0, 0.1) is 0 Å². The highest BCUT2D eigenvalue weighted by molar-refractivity contribution is 5.68. The molecule has 0 saturated carbocycles. The number of esters is 1. The molecule has 0 aromatic heterocycles. The van der Waals surface area contributed by atoms with Gasteiger partial charge in [0.1, 0.15) is 5.75 Å². The van der Waals surface area contributed by atoms with E-state index in [1.165, 1.54) is 19.3 Å². The summed E-state index contributed by atoms with van der Waals surface area (Å²) in [7, 11) is 0. The Morgan fingerprint density at radius 1 is 0.651 bits per heavy atom. The summed E-state index contributed by atoms with van der Waals surface area (Å²) in [5, 5.41) is 26.5. The van der Waals surface area contributed by atoms with Crippen LogP contribution in [0.25, 0.3) is 0 Å². The molecule has 0 spiro atoms. The largest absolute Gasteiger partial charge is 0.494 e. The number of hydrogen-bond acceptors (Lipinski definition) is 9. The number of aliphatic hydroxyl groups excluding tert-OH is 1. The van der Waals surface area contributed by atoms with E-state index in [9.17, 15) is 9.90 Å². The Morgan fingerprint density at radius 3 is 1.56 bits per heavy atom. The molecular formula is C34H45N5O4. The third-order valence-corrected chi connectivity index (χ3v) is 6.82. The molecule has 0 radical (unpaired) electrons.